The summed E-state index contributed by atoms with van der Waals surface area (Å²) in [5, 5.41) is 3.60. The molecule has 1 atom stereocenters. The van der Waals surface area contributed by atoms with Gasteiger partial charge in [-0.2, -0.15) is 0 Å². The van der Waals surface area contributed by atoms with Gasteiger partial charge in [-0.15, -0.1) is 0 Å². The van der Waals surface area contributed by atoms with E-state index in [4.69, 9.17) is 16.3 Å². The quantitative estimate of drug-likeness (QED) is 0.755. The number of nitrogens with zero attached hydrogens (tertiary/aromatic N) is 2. The minimum atomic E-state index is -0.0992. The molecule has 1 aromatic carbocycles. The largest absolute Gasteiger partial charge is 0.496 e. The van der Waals surface area contributed by atoms with Gasteiger partial charge in [0.15, 0.2) is 0 Å². The third-order valence-electron chi connectivity index (χ3n) is 5.93. The molecule has 1 N–H and O–H groups in total. The number of amides is 2. The van der Waals surface area contributed by atoms with Crippen LogP contribution in [0.1, 0.15) is 43.0 Å². The Morgan fingerprint density at radius 1 is 1.29 bits per heavy atom. The molecule has 0 spiro atoms. The van der Waals surface area contributed by atoms with Crippen molar-refractivity contribution < 1.29 is 14.3 Å². The van der Waals surface area contributed by atoms with E-state index in [9.17, 15) is 9.59 Å². The number of carbonyl (C=O) groups excluding carboxylic acids is 2. The topological polar surface area (TPSA) is 61.9 Å². The van der Waals surface area contributed by atoms with Crippen molar-refractivity contribution in [3.63, 3.8) is 0 Å². The first-order valence-electron chi connectivity index (χ1n) is 10.0. The number of halogens is 1. The number of hydrogen-bond acceptors (Lipinski definition) is 4. The molecule has 28 heavy (non-hydrogen) atoms. The Morgan fingerprint density at radius 2 is 1.96 bits per heavy atom. The van der Waals surface area contributed by atoms with Crippen LogP contribution < -0.4 is 10.1 Å². The molecule has 1 aromatic rings. The molecule has 0 bridgehead atoms. The summed E-state index contributed by atoms with van der Waals surface area (Å²) in [6.45, 7) is 3.94. The summed E-state index contributed by atoms with van der Waals surface area (Å²) in [6.07, 6.45) is 3.87. The molecule has 0 aromatic heterocycles. The van der Waals surface area contributed by atoms with Crippen LogP contribution in [0.5, 0.6) is 5.75 Å². The normalized spacial score (nSPS) is 18.8. The van der Waals surface area contributed by atoms with Crippen molar-refractivity contribution >= 4 is 23.4 Å². The lowest BCUT2D eigenvalue weighted by Gasteiger charge is -2.32. The molecule has 3 rings (SSSR count). The molecule has 2 aliphatic rings. The highest BCUT2D eigenvalue weighted by atomic mass is 35.5. The second kappa shape index (κ2) is 9.14. The maximum absolute atomic E-state index is 12.8. The van der Waals surface area contributed by atoms with Crippen molar-refractivity contribution in [3.05, 3.63) is 28.8 Å². The second-order valence-electron chi connectivity index (χ2n) is 7.90. The summed E-state index contributed by atoms with van der Waals surface area (Å²) in [5.41, 5.74) is 0.467. The van der Waals surface area contributed by atoms with Crippen molar-refractivity contribution in [2.45, 2.75) is 44.7 Å². The monoisotopic (exact) mass is 407 g/mol. The highest BCUT2D eigenvalue weighted by Crippen LogP contribution is 2.28. The number of benzene rings is 1. The molecular weight excluding hydrogens is 378 g/mol. The molecule has 6 nitrogen and oxygen atoms in total. The average molecular weight is 408 g/mol. The Bertz CT molecular complexity index is 715. The first-order chi connectivity index (χ1) is 13.4. The SMILES string of the molecule is COc1ccc(Cl)cc1C(=O)N1CCC(C(=O)NCC(C)N(C)C2CC2)CC1. The van der Waals surface area contributed by atoms with Gasteiger partial charge >= 0.3 is 0 Å². The third kappa shape index (κ3) is 4.97. The lowest BCUT2D eigenvalue weighted by atomic mass is 9.95. The minimum absolute atomic E-state index is 0.0382. The van der Waals surface area contributed by atoms with E-state index in [2.05, 4.69) is 24.2 Å². The molecule has 2 fully saturated rings. The van der Waals surface area contributed by atoms with Gasteiger partial charge in [-0.05, 0) is 57.9 Å². The predicted molar refractivity (Wildman–Crippen MR) is 110 cm³/mol. The van der Waals surface area contributed by atoms with Crippen LogP contribution in [-0.2, 0) is 4.79 Å². The number of piperidine rings is 1. The lowest BCUT2D eigenvalue weighted by Crippen LogP contribution is -2.46. The summed E-state index contributed by atoms with van der Waals surface area (Å²) in [7, 11) is 3.67. The molecule has 2 amide bonds. The Morgan fingerprint density at radius 3 is 2.57 bits per heavy atom. The van der Waals surface area contributed by atoms with Gasteiger partial charge in [0.1, 0.15) is 5.75 Å². The summed E-state index contributed by atoms with van der Waals surface area (Å²) >= 11 is 6.04. The van der Waals surface area contributed by atoms with Gasteiger partial charge in [0.05, 0.1) is 12.7 Å². The third-order valence-corrected chi connectivity index (χ3v) is 6.17. The van der Waals surface area contributed by atoms with Crippen LogP contribution in [0.4, 0.5) is 0 Å². The van der Waals surface area contributed by atoms with Crippen molar-refractivity contribution in [3.8, 4) is 5.75 Å². The number of nitrogens with one attached hydrogen (secondary N) is 1. The molecule has 1 saturated carbocycles. The van der Waals surface area contributed by atoms with Crippen LogP contribution in [0.3, 0.4) is 0 Å². The Kier molecular flexibility index (Phi) is 6.83. The molecule has 1 aliphatic heterocycles. The second-order valence-corrected chi connectivity index (χ2v) is 8.34. The number of rotatable bonds is 7. The zero-order valence-electron chi connectivity index (χ0n) is 16.9. The maximum Gasteiger partial charge on any atom is 0.257 e. The molecular formula is C21H30ClN3O3. The summed E-state index contributed by atoms with van der Waals surface area (Å²) in [5.74, 6) is 0.480. The number of likely N-dealkylation sites (N-methyl/N-ethyl adjacent to an activating group) is 1. The van der Waals surface area contributed by atoms with Crippen LogP contribution in [-0.4, -0.2) is 67.5 Å². The van der Waals surface area contributed by atoms with E-state index in [1.807, 2.05) is 0 Å². The Balaban J connectivity index is 1.49. The van der Waals surface area contributed by atoms with Gasteiger partial charge in [-0.1, -0.05) is 11.6 Å². The van der Waals surface area contributed by atoms with Crippen LogP contribution in [0, 0.1) is 5.92 Å². The Labute approximate surface area is 172 Å². The zero-order chi connectivity index (χ0) is 20.3. The fourth-order valence-electron chi connectivity index (χ4n) is 3.74. The molecule has 1 unspecified atom stereocenters. The van der Waals surface area contributed by atoms with Crippen LogP contribution >= 0.6 is 11.6 Å². The van der Waals surface area contributed by atoms with E-state index < -0.39 is 0 Å². The van der Waals surface area contributed by atoms with E-state index in [0.29, 0.717) is 60.9 Å². The van der Waals surface area contributed by atoms with Crippen molar-refractivity contribution in [1.82, 2.24) is 15.1 Å². The van der Waals surface area contributed by atoms with Gasteiger partial charge in [0.25, 0.3) is 5.91 Å². The number of carbonyl (C=O) groups is 2. The number of methoxy groups -OCH3 is 1. The fraction of sp³-hybridized carbons (Fsp3) is 0.619. The van der Waals surface area contributed by atoms with Gasteiger partial charge < -0.3 is 15.0 Å². The number of likely N-dealkylation sites (tertiary alicyclic amines) is 1. The summed E-state index contributed by atoms with van der Waals surface area (Å²) in [4.78, 5) is 29.5. The molecule has 1 heterocycles. The van der Waals surface area contributed by atoms with Gasteiger partial charge in [-0.25, -0.2) is 0 Å². The van der Waals surface area contributed by atoms with E-state index in [-0.39, 0.29) is 17.7 Å². The van der Waals surface area contributed by atoms with Gasteiger partial charge in [0.2, 0.25) is 5.91 Å². The molecule has 1 aliphatic carbocycles. The predicted octanol–water partition coefficient (Wildman–Crippen LogP) is 2.80. The van der Waals surface area contributed by atoms with Crippen LogP contribution in [0.2, 0.25) is 5.02 Å². The van der Waals surface area contributed by atoms with Crippen LogP contribution in [0.25, 0.3) is 0 Å². The number of hydrogen-bond donors (Lipinski definition) is 1. The highest BCUT2D eigenvalue weighted by molar-refractivity contribution is 6.31. The minimum Gasteiger partial charge on any atom is -0.496 e. The lowest BCUT2D eigenvalue weighted by molar-refractivity contribution is -0.126. The molecule has 7 heteroatoms. The van der Waals surface area contributed by atoms with E-state index in [1.54, 1.807) is 23.1 Å². The van der Waals surface area contributed by atoms with E-state index >= 15 is 0 Å². The average Bonchev–Trinajstić information content (AvgIpc) is 3.56. The van der Waals surface area contributed by atoms with Crippen molar-refractivity contribution in [2.75, 3.05) is 33.8 Å². The summed E-state index contributed by atoms with van der Waals surface area (Å²) in [6, 6.07) is 6.07. The molecule has 1 saturated heterocycles. The fourth-order valence-corrected chi connectivity index (χ4v) is 3.91. The summed E-state index contributed by atoms with van der Waals surface area (Å²) < 4.78 is 5.29. The maximum atomic E-state index is 12.8. The van der Waals surface area contributed by atoms with Gasteiger partial charge in [0, 0.05) is 42.7 Å². The van der Waals surface area contributed by atoms with Crippen molar-refractivity contribution in [1.29, 1.82) is 0 Å². The Hall–Kier alpha value is -1.79. The molecule has 154 valence electrons. The first kappa shape index (κ1) is 20.9. The first-order valence-corrected chi connectivity index (χ1v) is 10.4. The van der Waals surface area contributed by atoms with Gasteiger partial charge in [-0.3, -0.25) is 14.5 Å². The smallest absolute Gasteiger partial charge is 0.257 e. The number of ether oxygens (including phenoxy) is 1. The van der Waals surface area contributed by atoms with E-state index in [0.717, 1.165) is 0 Å². The zero-order valence-corrected chi connectivity index (χ0v) is 17.7. The molecule has 0 radical (unpaired) electrons. The van der Waals surface area contributed by atoms with E-state index in [1.165, 1.54) is 20.0 Å². The highest BCUT2D eigenvalue weighted by Gasteiger charge is 2.31. The standard InChI is InChI=1S/C21H30ClN3O3/c1-14(24(2)17-5-6-17)13-23-20(26)15-8-10-25(11-9-15)21(27)18-12-16(22)4-7-19(18)28-3/h4,7,12,14-15,17H,5-6,8-11,13H2,1-3H3,(H,23,26). The van der Waals surface area contributed by atoms with Crippen molar-refractivity contribution in [2.24, 2.45) is 5.92 Å². The van der Waals surface area contributed by atoms with Crippen LogP contribution in [0.15, 0.2) is 18.2 Å².